The topological polar surface area (TPSA) is 78.9 Å². The molecule has 0 bridgehead atoms. The Morgan fingerprint density at radius 2 is 0.739 bits per heavy atom. The first-order chi connectivity index (χ1) is 22.5. The van der Waals surface area contributed by atoms with Crippen LogP contribution < -0.4 is 0 Å². The van der Waals surface area contributed by atoms with Gasteiger partial charge in [-0.2, -0.15) is 0 Å². The Kier molecular flexibility index (Phi) is 34.5. The standard InChI is InChI=1S/C40H74O6/c1-4-7-10-13-16-18-20-22-24-27-30-33-39(42)45-36-37(35-44-38(41)32-29-26-15-12-9-6-3)46-40(43)34-31-28-25-23-21-19-17-14-11-8-5-2/h13,16,37H,4-12,14-15,17-36H2,1-3H3/b16-13-. The first kappa shape index (κ1) is 44.1. The summed E-state index contributed by atoms with van der Waals surface area (Å²) in [5.41, 5.74) is 0. The number of carbonyl (C=O) groups excluding carboxylic acids is 3. The third-order valence-corrected chi connectivity index (χ3v) is 8.52. The van der Waals surface area contributed by atoms with Crippen LogP contribution in [0.4, 0.5) is 0 Å². The van der Waals surface area contributed by atoms with Crippen molar-refractivity contribution in [2.24, 2.45) is 0 Å². The summed E-state index contributed by atoms with van der Waals surface area (Å²) in [6.45, 7) is 6.51. The van der Waals surface area contributed by atoms with Crippen LogP contribution in [0.25, 0.3) is 0 Å². The molecule has 0 aliphatic carbocycles. The second kappa shape index (κ2) is 36.0. The molecule has 0 heterocycles. The molecule has 0 aromatic rings. The van der Waals surface area contributed by atoms with E-state index in [1.165, 1.54) is 103 Å². The van der Waals surface area contributed by atoms with Gasteiger partial charge in [0.1, 0.15) is 13.2 Å². The largest absolute Gasteiger partial charge is 0.462 e. The van der Waals surface area contributed by atoms with Gasteiger partial charge in [-0.1, -0.05) is 161 Å². The fraction of sp³-hybridized carbons (Fsp3) is 0.875. The van der Waals surface area contributed by atoms with Gasteiger partial charge in [0.15, 0.2) is 6.10 Å². The summed E-state index contributed by atoms with van der Waals surface area (Å²) in [6.07, 6.45) is 34.9. The third-order valence-electron chi connectivity index (χ3n) is 8.52. The van der Waals surface area contributed by atoms with Crippen LogP contribution in [0.1, 0.15) is 207 Å². The molecule has 0 aromatic carbocycles. The highest BCUT2D eigenvalue weighted by Crippen LogP contribution is 2.14. The molecule has 0 spiro atoms. The zero-order chi connectivity index (χ0) is 33.8. The van der Waals surface area contributed by atoms with Crippen molar-refractivity contribution >= 4 is 17.9 Å². The molecule has 0 aliphatic rings. The van der Waals surface area contributed by atoms with Gasteiger partial charge in [0.25, 0.3) is 0 Å². The van der Waals surface area contributed by atoms with Gasteiger partial charge in [-0.05, 0) is 38.5 Å². The third kappa shape index (κ3) is 33.5. The summed E-state index contributed by atoms with van der Waals surface area (Å²) < 4.78 is 16.5. The van der Waals surface area contributed by atoms with Gasteiger partial charge in [0, 0.05) is 19.3 Å². The molecular formula is C40H74O6. The van der Waals surface area contributed by atoms with Crippen LogP contribution in [0, 0.1) is 0 Å². The van der Waals surface area contributed by atoms with E-state index in [9.17, 15) is 14.4 Å². The van der Waals surface area contributed by atoms with Crippen LogP contribution in [0.3, 0.4) is 0 Å². The molecule has 0 fully saturated rings. The Morgan fingerprint density at radius 3 is 1.15 bits per heavy atom. The molecule has 0 saturated carbocycles. The van der Waals surface area contributed by atoms with Gasteiger partial charge in [0.05, 0.1) is 0 Å². The molecule has 0 amide bonds. The van der Waals surface area contributed by atoms with Crippen LogP contribution in [-0.4, -0.2) is 37.2 Å². The minimum absolute atomic E-state index is 0.0706. The smallest absolute Gasteiger partial charge is 0.306 e. The van der Waals surface area contributed by atoms with E-state index in [-0.39, 0.29) is 31.1 Å². The van der Waals surface area contributed by atoms with Crippen molar-refractivity contribution in [3.63, 3.8) is 0 Å². The van der Waals surface area contributed by atoms with Crippen molar-refractivity contribution < 1.29 is 28.6 Å². The Hall–Kier alpha value is -1.85. The number of esters is 3. The van der Waals surface area contributed by atoms with E-state index in [0.29, 0.717) is 19.3 Å². The lowest BCUT2D eigenvalue weighted by Gasteiger charge is -2.18. The second-order valence-corrected chi connectivity index (χ2v) is 13.2. The molecular weight excluding hydrogens is 576 g/mol. The van der Waals surface area contributed by atoms with Crippen molar-refractivity contribution in [2.75, 3.05) is 13.2 Å². The first-order valence-electron chi connectivity index (χ1n) is 19.7. The molecule has 46 heavy (non-hydrogen) atoms. The fourth-order valence-electron chi connectivity index (χ4n) is 5.48. The predicted octanol–water partition coefficient (Wildman–Crippen LogP) is 11.9. The van der Waals surface area contributed by atoms with Gasteiger partial charge in [-0.15, -0.1) is 0 Å². The van der Waals surface area contributed by atoms with Crippen LogP contribution in [-0.2, 0) is 28.6 Å². The number of ether oxygens (including phenoxy) is 3. The van der Waals surface area contributed by atoms with Gasteiger partial charge in [-0.3, -0.25) is 14.4 Å². The van der Waals surface area contributed by atoms with Gasteiger partial charge < -0.3 is 14.2 Å². The zero-order valence-corrected chi connectivity index (χ0v) is 30.6. The summed E-state index contributed by atoms with van der Waals surface area (Å²) in [4.78, 5) is 37.3. The molecule has 0 saturated heterocycles. The normalized spacial score (nSPS) is 12.0. The van der Waals surface area contributed by atoms with Crippen molar-refractivity contribution in [1.29, 1.82) is 0 Å². The van der Waals surface area contributed by atoms with Gasteiger partial charge >= 0.3 is 17.9 Å². The lowest BCUT2D eigenvalue weighted by Crippen LogP contribution is -2.30. The average molecular weight is 651 g/mol. The average Bonchev–Trinajstić information content (AvgIpc) is 3.05. The number of hydrogen-bond acceptors (Lipinski definition) is 6. The van der Waals surface area contributed by atoms with Gasteiger partial charge in [-0.25, -0.2) is 0 Å². The van der Waals surface area contributed by atoms with Crippen LogP contribution in [0.15, 0.2) is 12.2 Å². The maximum Gasteiger partial charge on any atom is 0.306 e. The maximum atomic E-state index is 12.6. The summed E-state index contributed by atoms with van der Waals surface area (Å²) >= 11 is 0. The van der Waals surface area contributed by atoms with E-state index < -0.39 is 6.10 Å². The van der Waals surface area contributed by atoms with E-state index >= 15 is 0 Å². The molecule has 6 heteroatoms. The van der Waals surface area contributed by atoms with E-state index in [2.05, 4.69) is 32.9 Å². The Balaban J connectivity index is 4.32. The highest BCUT2D eigenvalue weighted by molar-refractivity contribution is 5.71. The number of hydrogen-bond donors (Lipinski definition) is 0. The Labute approximate surface area is 284 Å². The molecule has 0 rings (SSSR count). The number of rotatable bonds is 35. The maximum absolute atomic E-state index is 12.6. The molecule has 0 N–H and O–H groups in total. The molecule has 0 aromatic heterocycles. The summed E-state index contributed by atoms with van der Waals surface area (Å²) in [5.74, 6) is -0.891. The van der Waals surface area contributed by atoms with Crippen molar-refractivity contribution in [3.05, 3.63) is 12.2 Å². The number of allylic oxidation sites excluding steroid dienone is 2. The van der Waals surface area contributed by atoms with Crippen molar-refractivity contribution in [1.82, 2.24) is 0 Å². The number of carbonyl (C=O) groups is 3. The second-order valence-electron chi connectivity index (χ2n) is 13.2. The molecule has 1 atom stereocenters. The van der Waals surface area contributed by atoms with Gasteiger partial charge in [0.2, 0.25) is 0 Å². The molecule has 270 valence electrons. The van der Waals surface area contributed by atoms with Crippen LogP contribution >= 0.6 is 0 Å². The fourth-order valence-corrected chi connectivity index (χ4v) is 5.48. The zero-order valence-electron chi connectivity index (χ0n) is 30.6. The van der Waals surface area contributed by atoms with Crippen LogP contribution in [0.2, 0.25) is 0 Å². The summed E-state index contributed by atoms with van der Waals surface area (Å²) in [7, 11) is 0. The first-order valence-corrected chi connectivity index (χ1v) is 19.7. The van der Waals surface area contributed by atoms with E-state index in [1.54, 1.807) is 0 Å². The minimum Gasteiger partial charge on any atom is -0.462 e. The van der Waals surface area contributed by atoms with E-state index in [1.807, 2.05) is 0 Å². The highest BCUT2D eigenvalue weighted by atomic mass is 16.6. The van der Waals surface area contributed by atoms with Crippen LogP contribution in [0.5, 0.6) is 0 Å². The van der Waals surface area contributed by atoms with Crippen molar-refractivity contribution in [2.45, 2.75) is 213 Å². The monoisotopic (exact) mass is 651 g/mol. The van der Waals surface area contributed by atoms with Crippen molar-refractivity contribution in [3.8, 4) is 0 Å². The SMILES string of the molecule is CCCC/C=C\CCCCCCCC(=O)OCC(COC(=O)CCCCCCCC)OC(=O)CCCCCCCCCCCCC. The minimum atomic E-state index is -0.761. The predicted molar refractivity (Wildman–Crippen MR) is 192 cm³/mol. The summed E-state index contributed by atoms with van der Waals surface area (Å²) in [5, 5.41) is 0. The van der Waals surface area contributed by atoms with E-state index in [4.69, 9.17) is 14.2 Å². The number of unbranched alkanes of at least 4 members (excludes halogenated alkanes) is 22. The highest BCUT2D eigenvalue weighted by Gasteiger charge is 2.19. The Morgan fingerprint density at radius 1 is 0.413 bits per heavy atom. The molecule has 6 nitrogen and oxygen atoms in total. The lowest BCUT2D eigenvalue weighted by atomic mass is 10.1. The van der Waals surface area contributed by atoms with E-state index in [0.717, 1.165) is 64.2 Å². The molecule has 1 unspecified atom stereocenters. The summed E-state index contributed by atoms with van der Waals surface area (Å²) in [6, 6.07) is 0. The molecule has 0 aliphatic heterocycles. The Bertz CT molecular complexity index is 719. The molecule has 0 radical (unpaired) electrons. The lowest BCUT2D eigenvalue weighted by molar-refractivity contribution is -0.167. The quantitative estimate of drug-likeness (QED) is 0.0294.